The Morgan fingerprint density at radius 1 is 1.24 bits per heavy atom. The standard InChI is InChI=1S/C21H26ClN5OS/c1-3-4-13-18-23-20(28-26-18)14(2)29-21-25-24-19(16-11-7-8-12-17(16)22)27(21)15-9-5-6-10-15/h7-8,11-12,14-15H,3-6,9-10,13H2,1-2H3. The third-order valence-corrected chi connectivity index (χ3v) is 6.71. The molecule has 0 bridgehead atoms. The van der Waals surface area contributed by atoms with Gasteiger partial charge in [0, 0.05) is 18.0 Å². The zero-order valence-corrected chi connectivity index (χ0v) is 18.4. The van der Waals surface area contributed by atoms with Crippen molar-refractivity contribution in [1.82, 2.24) is 24.9 Å². The van der Waals surface area contributed by atoms with Crippen molar-refractivity contribution < 1.29 is 4.52 Å². The van der Waals surface area contributed by atoms with Gasteiger partial charge in [-0.3, -0.25) is 4.57 Å². The fraction of sp³-hybridized carbons (Fsp3) is 0.524. The number of halogens is 1. The van der Waals surface area contributed by atoms with Crippen LogP contribution in [0.2, 0.25) is 5.02 Å². The van der Waals surface area contributed by atoms with E-state index in [2.05, 4.69) is 38.8 Å². The van der Waals surface area contributed by atoms with Crippen LogP contribution in [0.1, 0.15) is 75.4 Å². The maximum Gasteiger partial charge on any atom is 0.239 e. The van der Waals surface area contributed by atoms with E-state index in [4.69, 9.17) is 16.1 Å². The van der Waals surface area contributed by atoms with Crippen LogP contribution in [-0.2, 0) is 6.42 Å². The number of unbranched alkanes of at least 4 members (excludes halogenated alkanes) is 1. The number of rotatable bonds is 8. The SMILES string of the molecule is CCCCc1noc(C(C)Sc2nnc(-c3ccccc3Cl)n2C2CCCC2)n1. The van der Waals surface area contributed by atoms with Crippen LogP contribution in [0.25, 0.3) is 11.4 Å². The monoisotopic (exact) mass is 431 g/mol. The first-order valence-electron chi connectivity index (χ1n) is 10.4. The minimum atomic E-state index is 0.00123. The molecule has 6 nitrogen and oxygen atoms in total. The van der Waals surface area contributed by atoms with Crippen molar-refractivity contribution in [2.45, 2.75) is 75.2 Å². The van der Waals surface area contributed by atoms with Gasteiger partial charge in [-0.05, 0) is 38.3 Å². The van der Waals surface area contributed by atoms with Gasteiger partial charge in [0.15, 0.2) is 16.8 Å². The van der Waals surface area contributed by atoms with Crippen LogP contribution in [0.4, 0.5) is 0 Å². The first kappa shape index (κ1) is 20.4. The average Bonchev–Trinajstić information content (AvgIpc) is 3.47. The predicted octanol–water partition coefficient (Wildman–Crippen LogP) is 6.29. The van der Waals surface area contributed by atoms with Crippen molar-refractivity contribution in [1.29, 1.82) is 0 Å². The van der Waals surface area contributed by atoms with Crippen molar-refractivity contribution in [2.24, 2.45) is 0 Å². The maximum absolute atomic E-state index is 6.47. The molecule has 29 heavy (non-hydrogen) atoms. The number of hydrogen-bond acceptors (Lipinski definition) is 6. The predicted molar refractivity (Wildman–Crippen MR) is 115 cm³/mol. The van der Waals surface area contributed by atoms with E-state index in [1.165, 1.54) is 12.8 Å². The van der Waals surface area contributed by atoms with Crippen LogP contribution in [0.3, 0.4) is 0 Å². The van der Waals surface area contributed by atoms with Crippen LogP contribution < -0.4 is 0 Å². The fourth-order valence-electron chi connectivity index (χ4n) is 3.75. The quantitative estimate of drug-likeness (QED) is 0.390. The molecule has 1 fully saturated rings. The lowest BCUT2D eigenvalue weighted by molar-refractivity contribution is 0.374. The third-order valence-electron chi connectivity index (χ3n) is 5.34. The Labute approximate surface area is 180 Å². The number of nitrogens with zero attached hydrogens (tertiary/aromatic N) is 5. The van der Waals surface area contributed by atoms with Gasteiger partial charge in [-0.2, -0.15) is 4.98 Å². The molecular weight excluding hydrogens is 406 g/mol. The van der Waals surface area contributed by atoms with Crippen LogP contribution in [0, 0.1) is 0 Å². The van der Waals surface area contributed by atoms with Gasteiger partial charge in [-0.1, -0.05) is 66.8 Å². The first-order valence-corrected chi connectivity index (χ1v) is 11.6. The second-order valence-electron chi connectivity index (χ2n) is 7.51. The number of hydrogen-bond donors (Lipinski definition) is 0. The normalized spacial score (nSPS) is 15.8. The van der Waals surface area contributed by atoms with Gasteiger partial charge >= 0.3 is 0 Å². The highest BCUT2D eigenvalue weighted by molar-refractivity contribution is 7.99. The fourth-order valence-corrected chi connectivity index (χ4v) is 4.92. The molecule has 1 aromatic carbocycles. The van der Waals surface area contributed by atoms with Gasteiger partial charge in [0.1, 0.15) is 0 Å². The van der Waals surface area contributed by atoms with Gasteiger partial charge in [-0.15, -0.1) is 10.2 Å². The first-order chi connectivity index (χ1) is 14.2. The lowest BCUT2D eigenvalue weighted by atomic mass is 10.2. The van der Waals surface area contributed by atoms with Gasteiger partial charge in [0.05, 0.1) is 10.3 Å². The second kappa shape index (κ2) is 9.30. The summed E-state index contributed by atoms with van der Waals surface area (Å²) in [6, 6.07) is 8.23. The maximum atomic E-state index is 6.47. The lowest BCUT2D eigenvalue weighted by Gasteiger charge is -2.18. The zero-order chi connectivity index (χ0) is 20.2. The van der Waals surface area contributed by atoms with E-state index in [-0.39, 0.29) is 5.25 Å². The Kier molecular flexibility index (Phi) is 6.55. The van der Waals surface area contributed by atoms with Crippen molar-refractivity contribution in [3.05, 3.63) is 41.0 Å². The minimum absolute atomic E-state index is 0.00123. The van der Waals surface area contributed by atoms with Crippen molar-refractivity contribution in [3.8, 4) is 11.4 Å². The smallest absolute Gasteiger partial charge is 0.239 e. The Bertz CT molecular complexity index is 950. The van der Waals surface area contributed by atoms with Gasteiger partial charge in [-0.25, -0.2) is 0 Å². The summed E-state index contributed by atoms with van der Waals surface area (Å²) in [4.78, 5) is 4.57. The largest absolute Gasteiger partial charge is 0.338 e. The van der Waals surface area contributed by atoms with E-state index in [0.29, 0.717) is 17.0 Å². The van der Waals surface area contributed by atoms with Gasteiger partial charge < -0.3 is 4.52 Å². The van der Waals surface area contributed by atoms with Crippen LogP contribution in [0.15, 0.2) is 33.9 Å². The van der Waals surface area contributed by atoms with E-state index < -0.39 is 0 Å². The minimum Gasteiger partial charge on any atom is -0.338 e. The molecule has 1 unspecified atom stereocenters. The van der Waals surface area contributed by atoms with Crippen molar-refractivity contribution >= 4 is 23.4 Å². The lowest BCUT2D eigenvalue weighted by Crippen LogP contribution is -2.09. The van der Waals surface area contributed by atoms with E-state index in [0.717, 1.165) is 54.5 Å². The zero-order valence-electron chi connectivity index (χ0n) is 16.8. The number of benzene rings is 1. The van der Waals surface area contributed by atoms with E-state index in [1.807, 2.05) is 24.3 Å². The summed E-state index contributed by atoms with van der Waals surface area (Å²) in [5.74, 6) is 2.26. The topological polar surface area (TPSA) is 69.6 Å². The molecule has 154 valence electrons. The molecular formula is C21H26ClN5OS. The number of aryl methyl sites for hydroxylation is 1. The summed E-state index contributed by atoms with van der Waals surface area (Å²) in [5.41, 5.74) is 0.924. The van der Waals surface area contributed by atoms with Gasteiger partial charge in [0.2, 0.25) is 5.89 Å². The third kappa shape index (κ3) is 4.51. The summed E-state index contributed by atoms with van der Waals surface area (Å²) < 4.78 is 7.78. The second-order valence-corrected chi connectivity index (χ2v) is 9.22. The molecule has 0 amide bonds. The van der Waals surface area contributed by atoms with Crippen LogP contribution in [0.5, 0.6) is 0 Å². The summed E-state index contributed by atoms with van der Waals surface area (Å²) in [5, 5.41) is 14.8. The van der Waals surface area contributed by atoms with Crippen molar-refractivity contribution in [3.63, 3.8) is 0 Å². The highest BCUT2D eigenvalue weighted by Gasteiger charge is 2.28. The van der Waals surface area contributed by atoms with E-state index >= 15 is 0 Å². The average molecular weight is 432 g/mol. The van der Waals surface area contributed by atoms with Crippen LogP contribution in [-0.4, -0.2) is 24.9 Å². The summed E-state index contributed by atoms with van der Waals surface area (Å²) in [7, 11) is 0. The molecule has 2 heterocycles. The van der Waals surface area contributed by atoms with E-state index in [1.54, 1.807) is 11.8 Å². The number of thioether (sulfide) groups is 1. The Balaban J connectivity index is 1.61. The molecule has 3 aromatic rings. The molecule has 8 heteroatoms. The molecule has 0 N–H and O–H groups in total. The molecule has 1 aliphatic carbocycles. The molecule has 1 saturated carbocycles. The van der Waals surface area contributed by atoms with Gasteiger partial charge in [0.25, 0.3) is 0 Å². The molecule has 1 atom stereocenters. The van der Waals surface area contributed by atoms with Crippen molar-refractivity contribution in [2.75, 3.05) is 0 Å². The summed E-state index contributed by atoms with van der Waals surface area (Å²) in [6.45, 7) is 4.23. The molecule has 0 saturated heterocycles. The highest BCUT2D eigenvalue weighted by Crippen LogP contribution is 2.41. The highest BCUT2D eigenvalue weighted by atomic mass is 35.5. The number of aromatic nitrogens is 5. The molecule has 2 aromatic heterocycles. The molecule has 0 radical (unpaired) electrons. The molecule has 0 aliphatic heterocycles. The Morgan fingerprint density at radius 2 is 2.03 bits per heavy atom. The summed E-state index contributed by atoms with van der Waals surface area (Å²) in [6.07, 6.45) is 7.77. The Morgan fingerprint density at radius 3 is 2.79 bits per heavy atom. The molecule has 0 spiro atoms. The molecule has 1 aliphatic rings. The summed E-state index contributed by atoms with van der Waals surface area (Å²) >= 11 is 8.09. The molecule has 4 rings (SSSR count). The van der Waals surface area contributed by atoms with Crippen LogP contribution >= 0.6 is 23.4 Å². The Hall–Kier alpha value is -1.86. The van der Waals surface area contributed by atoms with E-state index in [9.17, 15) is 0 Å².